The second kappa shape index (κ2) is 8.26. The molecule has 0 radical (unpaired) electrons. The predicted molar refractivity (Wildman–Crippen MR) is 102 cm³/mol. The van der Waals surface area contributed by atoms with Crippen molar-refractivity contribution in [2.75, 3.05) is 18.3 Å². The van der Waals surface area contributed by atoms with Gasteiger partial charge in [0.05, 0.1) is 12.4 Å². The molecule has 1 aromatic heterocycles. The fourth-order valence-corrected chi connectivity index (χ4v) is 3.12. The highest BCUT2D eigenvalue weighted by Crippen LogP contribution is 2.27. The van der Waals surface area contributed by atoms with Gasteiger partial charge in [-0.05, 0) is 43.3 Å². The van der Waals surface area contributed by atoms with Gasteiger partial charge in [-0.25, -0.2) is 13.5 Å². The van der Waals surface area contributed by atoms with Crippen LogP contribution < -0.4 is 15.9 Å². The number of nitrogens with one attached hydrogen (secondary N) is 1. The molecule has 0 saturated carbocycles. The second-order valence-electron chi connectivity index (χ2n) is 5.75. The Bertz CT molecular complexity index is 974. The molecule has 146 valence electrons. The van der Waals surface area contributed by atoms with Crippen LogP contribution in [0.4, 0.5) is 14.5 Å². The number of rotatable bonds is 6. The lowest BCUT2D eigenvalue weighted by Gasteiger charge is -2.12. The summed E-state index contributed by atoms with van der Waals surface area (Å²) in [5.41, 5.74) is 0.223. The minimum Gasteiger partial charge on any atom is -0.497 e. The maximum Gasteiger partial charge on any atom is 0.237 e. The number of carbonyl (C=O) groups excluding carboxylic acids is 1. The third-order valence-corrected chi connectivity index (χ3v) is 4.93. The zero-order valence-corrected chi connectivity index (χ0v) is 15.8. The molecule has 0 aliphatic rings. The molecule has 0 fully saturated rings. The van der Waals surface area contributed by atoms with E-state index in [4.69, 9.17) is 10.6 Å². The van der Waals surface area contributed by atoms with Crippen LogP contribution in [0.25, 0.3) is 11.4 Å². The summed E-state index contributed by atoms with van der Waals surface area (Å²) in [6, 6.07) is 10.4. The number of nitrogens with two attached hydrogens (primary N) is 1. The van der Waals surface area contributed by atoms with E-state index >= 15 is 0 Å². The summed E-state index contributed by atoms with van der Waals surface area (Å²) in [6.45, 7) is 1.57. The number of thioether (sulfide) groups is 1. The van der Waals surface area contributed by atoms with Gasteiger partial charge in [-0.3, -0.25) is 4.79 Å². The summed E-state index contributed by atoms with van der Waals surface area (Å²) in [7, 11) is 1.56. The summed E-state index contributed by atoms with van der Waals surface area (Å²) in [4.78, 5) is 12.3. The number of hydrogen-bond donors (Lipinski definition) is 2. The Balaban J connectivity index is 1.73. The van der Waals surface area contributed by atoms with Gasteiger partial charge in [-0.1, -0.05) is 17.8 Å². The van der Waals surface area contributed by atoms with Crippen LogP contribution >= 0.6 is 11.8 Å². The van der Waals surface area contributed by atoms with Gasteiger partial charge < -0.3 is 15.9 Å². The van der Waals surface area contributed by atoms with Crippen molar-refractivity contribution in [3.05, 3.63) is 54.1 Å². The highest BCUT2D eigenvalue weighted by atomic mass is 32.2. The Morgan fingerprint density at radius 3 is 2.43 bits per heavy atom. The lowest BCUT2D eigenvalue weighted by molar-refractivity contribution is -0.115. The first-order valence-electron chi connectivity index (χ1n) is 8.17. The average Bonchev–Trinajstić information content (AvgIpc) is 3.05. The first kappa shape index (κ1) is 19.6. The first-order valence-corrected chi connectivity index (χ1v) is 9.05. The number of benzene rings is 2. The Labute approximate surface area is 163 Å². The third-order valence-electron chi connectivity index (χ3n) is 3.88. The van der Waals surface area contributed by atoms with Crippen molar-refractivity contribution in [2.24, 2.45) is 0 Å². The fraction of sp³-hybridized carbons (Fsp3) is 0.167. The number of amides is 1. The first-order chi connectivity index (χ1) is 13.4. The minimum absolute atomic E-state index is 0.280. The molecule has 1 unspecified atom stereocenters. The number of methoxy groups -OCH3 is 1. The molecule has 1 heterocycles. The Morgan fingerprint density at radius 2 is 1.82 bits per heavy atom. The average molecular weight is 405 g/mol. The topological polar surface area (TPSA) is 95.1 Å². The lowest BCUT2D eigenvalue weighted by Crippen LogP contribution is -2.24. The molecule has 28 heavy (non-hydrogen) atoms. The van der Waals surface area contributed by atoms with Crippen molar-refractivity contribution in [1.82, 2.24) is 14.9 Å². The van der Waals surface area contributed by atoms with Crippen molar-refractivity contribution in [3.63, 3.8) is 0 Å². The number of carbonyl (C=O) groups is 1. The molecular formula is C18H17F2N5O2S. The van der Waals surface area contributed by atoms with E-state index in [1.165, 1.54) is 10.7 Å². The molecule has 3 rings (SSSR count). The molecule has 0 aliphatic carbocycles. The molecule has 7 nitrogen and oxygen atoms in total. The maximum absolute atomic E-state index is 13.7. The van der Waals surface area contributed by atoms with Crippen molar-refractivity contribution < 1.29 is 18.3 Å². The minimum atomic E-state index is -0.852. The van der Waals surface area contributed by atoms with Crippen LogP contribution in [0.15, 0.2) is 47.6 Å². The lowest BCUT2D eigenvalue weighted by atomic mass is 10.2. The fourth-order valence-electron chi connectivity index (χ4n) is 2.35. The quantitative estimate of drug-likeness (QED) is 0.483. The number of hydrogen-bond acceptors (Lipinski definition) is 6. The predicted octanol–water partition coefficient (Wildman–Crippen LogP) is 3.07. The molecule has 1 amide bonds. The van der Waals surface area contributed by atoms with E-state index in [1.54, 1.807) is 38.3 Å². The summed E-state index contributed by atoms with van der Waals surface area (Å²) in [6.07, 6.45) is 0. The van der Waals surface area contributed by atoms with Crippen LogP contribution in [0.5, 0.6) is 5.75 Å². The van der Waals surface area contributed by atoms with E-state index in [-0.39, 0.29) is 5.16 Å². The van der Waals surface area contributed by atoms with Crippen LogP contribution in [0, 0.1) is 11.6 Å². The molecule has 10 heteroatoms. The van der Waals surface area contributed by atoms with Gasteiger partial charge in [0.2, 0.25) is 11.1 Å². The number of halogens is 2. The molecule has 2 aromatic carbocycles. The van der Waals surface area contributed by atoms with Crippen molar-refractivity contribution >= 4 is 23.4 Å². The third kappa shape index (κ3) is 4.06. The van der Waals surface area contributed by atoms with Gasteiger partial charge in [0.15, 0.2) is 5.82 Å². The summed E-state index contributed by atoms with van der Waals surface area (Å²) < 4.78 is 33.7. The summed E-state index contributed by atoms with van der Waals surface area (Å²) >= 11 is 1.02. The number of nitrogens with zero attached hydrogens (tertiary/aromatic N) is 3. The molecule has 0 bridgehead atoms. The number of nitrogen functional groups attached to an aromatic ring is 1. The largest absolute Gasteiger partial charge is 0.497 e. The molecule has 0 saturated heterocycles. The van der Waals surface area contributed by atoms with Gasteiger partial charge in [-0.15, -0.1) is 10.2 Å². The van der Waals surface area contributed by atoms with E-state index < -0.39 is 28.5 Å². The van der Waals surface area contributed by atoms with Gasteiger partial charge in [0.25, 0.3) is 0 Å². The summed E-state index contributed by atoms with van der Waals surface area (Å²) in [5, 5.41) is 9.83. The molecule has 1 atom stereocenters. The normalized spacial score (nSPS) is 11.9. The van der Waals surface area contributed by atoms with E-state index in [9.17, 15) is 13.6 Å². The number of para-hydroxylation sites is 1. The van der Waals surface area contributed by atoms with Crippen molar-refractivity contribution in [3.8, 4) is 17.1 Å². The monoisotopic (exact) mass is 405 g/mol. The van der Waals surface area contributed by atoms with E-state index in [1.807, 2.05) is 0 Å². The summed E-state index contributed by atoms with van der Waals surface area (Å²) in [5.74, 6) is 4.83. The molecular weight excluding hydrogens is 388 g/mol. The van der Waals surface area contributed by atoms with Crippen molar-refractivity contribution in [2.45, 2.75) is 17.3 Å². The van der Waals surface area contributed by atoms with Crippen LogP contribution in [0.3, 0.4) is 0 Å². The molecule has 3 N–H and O–H groups in total. The van der Waals surface area contributed by atoms with Gasteiger partial charge >= 0.3 is 0 Å². The Hall–Kier alpha value is -3.14. The SMILES string of the molecule is COc1ccc(-c2nnc(SC(C)C(=O)Nc3c(F)cccc3F)n2N)cc1. The van der Waals surface area contributed by atoms with Gasteiger partial charge in [-0.2, -0.15) is 0 Å². The Morgan fingerprint density at radius 1 is 1.18 bits per heavy atom. The highest BCUT2D eigenvalue weighted by Gasteiger charge is 2.22. The zero-order valence-electron chi connectivity index (χ0n) is 15.0. The van der Waals surface area contributed by atoms with Crippen LogP contribution in [-0.2, 0) is 4.79 Å². The van der Waals surface area contributed by atoms with Crippen LogP contribution in [0.1, 0.15) is 6.92 Å². The van der Waals surface area contributed by atoms with E-state index in [0.717, 1.165) is 23.9 Å². The molecule has 3 aromatic rings. The van der Waals surface area contributed by atoms with E-state index in [2.05, 4.69) is 15.5 Å². The molecule has 0 spiro atoms. The smallest absolute Gasteiger partial charge is 0.237 e. The number of ether oxygens (including phenoxy) is 1. The van der Waals surface area contributed by atoms with Crippen LogP contribution in [-0.4, -0.2) is 33.1 Å². The van der Waals surface area contributed by atoms with E-state index in [0.29, 0.717) is 17.1 Å². The van der Waals surface area contributed by atoms with Gasteiger partial charge in [0, 0.05) is 5.56 Å². The second-order valence-corrected chi connectivity index (χ2v) is 7.06. The highest BCUT2D eigenvalue weighted by molar-refractivity contribution is 8.00. The van der Waals surface area contributed by atoms with Crippen molar-refractivity contribution in [1.29, 1.82) is 0 Å². The Kier molecular flexibility index (Phi) is 5.78. The zero-order chi connectivity index (χ0) is 20.3. The maximum atomic E-state index is 13.7. The standard InChI is InChI=1S/C18H17F2N5O2S/c1-10(17(26)22-15-13(19)4-3-5-14(15)20)28-18-24-23-16(25(18)21)11-6-8-12(27-2)9-7-11/h3-10H,21H2,1-2H3,(H,22,26). The number of anilines is 1. The number of aromatic nitrogens is 3. The molecule has 0 aliphatic heterocycles. The van der Waals surface area contributed by atoms with Gasteiger partial charge in [0.1, 0.15) is 23.1 Å². The van der Waals surface area contributed by atoms with Crippen LogP contribution in [0.2, 0.25) is 0 Å².